The van der Waals surface area contributed by atoms with Crippen LogP contribution in [0.3, 0.4) is 0 Å². The normalized spacial score (nSPS) is 11.7. The van der Waals surface area contributed by atoms with Crippen LogP contribution in [0.5, 0.6) is 0 Å². The van der Waals surface area contributed by atoms with Crippen LogP contribution in [0.2, 0.25) is 0 Å². The first-order valence-electron chi connectivity index (χ1n) is 20.4. The van der Waals surface area contributed by atoms with E-state index in [4.69, 9.17) is 5.11 Å². The Kier molecular flexibility index (Phi) is 36.6. The third-order valence-corrected chi connectivity index (χ3v) is 9.26. The number of nitrogens with zero attached hydrogens (tertiary/aromatic N) is 1. The fourth-order valence-corrected chi connectivity index (χ4v) is 6.17. The predicted molar refractivity (Wildman–Crippen MR) is 202 cm³/mol. The molecule has 0 spiro atoms. The van der Waals surface area contributed by atoms with E-state index in [1.165, 1.54) is 167 Å². The second-order valence-corrected chi connectivity index (χ2v) is 13.9. The van der Waals surface area contributed by atoms with Crippen molar-refractivity contribution >= 4 is 11.9 Å². The lowest BCUT2D eigenvalue weighted by Crippen LogP contribution is -2.32. The number of hydrogen-bond donors (Lipinski definition) is 1. The lowest BCUT2D eigenvalue weighted by atomic mass is 10.1. The maximum absolute atomic E-state index is 12.9. The molecule has 0 aromatic carbocycles. The van der Waals surface area contributed by atoms with Gasteiger partial charge in [0.1, 0.15) is 0 Å². The quantitative estimate of drug-likeness (QED) is 0.0540. The molecule has 0 aromatic heterocycles. The van der Waals surface area contributed by atoms with Crippen molar-refractivity contribution in [2.45, 2.75) is 219 Å². The summed E-state index contributed by atoms with van der Waals surface area (Å²) in [6.07, 6.45) is 47.8. The van der Waals surface area contributed by atoms with E-state index in [1.54, 1.807) is 0 Å². The van der Waals surface area contributed by atoms with Gasteiger partial charge in [-0.25, -0.2) is 0 Å². The number of aliphatic carboxylic acids is 1. The van der Waals surface area contributed by atoms with Gasteiger partial charge >= 0.3 is 5.97 Å². The highest BCUT2D eigenvalue weighted by Crippen LogP contribution is 2.14. The van der Waals surface area contributed by atoms with Gasteiger partial charge in [0.25, 0.3) is 0 Å². The van der Waals surface area contributed by atoms with Crippen molar-refractivity contribution in [3.8, 4) is 0 Å². The topological polar surface area (TPSA) is 57.6 Å². The van der Waals surface area contributed by atoms with Crippen molar-refractivity contribution in [1.82, 2.24) is 4.90 Å². The van der Waals surface area contributed by atoms with Crippen LogP contribution in [0.1, 0.15) is 219 Å². The highest BCUT2D eigenvalue weighted by molar-refractivity contribution is 5.76. The molecule has 0 aliphatic carbocycles. The zero-order chi connectivity index (χ0) is 33.6. The molecule has 0 heterocycles. The lowest BCUT2D eigenvalue weighted by molar-refractivity contribution is -0.137. The van der Waals surface area contributed by atoms with Gasteiger partial charge in [0.15, 0.2) is 0 Å². The Balaban J connectivity index is 3.97. The average molecular weight is 646 g/mol. The fraction of sp³-hybridized carbons (Fsp3) is 0.857. The van der Waals surface area contributed by atoms with Crippen LogP contribution in [-0.4, -0.2) is 35.0 Å². The fourth-order valence-electron chi connectivity index (χ4n) is 6.17. The summed E-state index contributed by atoms with van der Waals surface area (Å²) < 4.78 is 0. The molecule has 0 aromatic rings. The van der Waals surface area contributed by atoms with Crippen molar-refractivity contribution in [1.29, 1.82) is 0 Å². The predicted octanol–water partition coefficient (Wildman–Crippen LogP) is 13.5. The number of carbonyl (C=O) groups is 2. The van der Waals surface area contributed by atoms with E-state index in [-0.39, 0.29) is 12.3 Å². The summed E-state index contributed by atoms with van der Waals surface area (Å²) >= 11 is 0. The summed E-state index contributed by atoms with van der Waals surface area (Å²) in [4.78, 5) is 25.9. The number of hydrogen-bond acceptors (Lipinski definition) is 2. The summed E-state index contributed by atoms with van der Waals surface area (Å²) in [7, 11) is 0. The second-order valence-electron chi connectivity index (χ2n) is 13.9. The number of amides is 1. The third kappa shape index (κ3) is 35.3. The summed E-state index contributed by atoms with van der Waals surface area (Å²) in [5.74, 6) is -0.538. The summed E-state index contributed by atoms with van der Waals surface area (Å²) in [5.41, 5.74) is 0. The van der Waals surface area contributed by atoms with Crippen molar-refractivity contribution in [3.05, 3.63) is 24.3 Å². The van der Waals surface area contributed by atoms with Gasteiger partial charge in [-0.05, 0) is 77.0 Å². The molecule has 0 rings (SSSR count). The standard InChI is InChI=1S/C42H79NO3/c1-3-5-7-9-11-13-15-17-19-21-23-25-27-29-31-35-39-43(41(44)37-33-34-38-42(45)46)40-36-32-30-28-26-24-22-20-18-16-14-12-10-8-6-4-2/h17-20H,3-16,21-40H2,1-2H3,(H,45,46). The summed E-state index contributed by atoms with van der Waals surface area (Å²) in [6.45, 7) is 6.28. The van der Waals surface area contributed by atoms with Crippen LogP contribution < -0.4 is 0 Å². The zero-order valence-electron chi connectivity index (χ0n) is 31.1. The number of carboxylic acids is 1. The molecular weight excluding hydrogens is 566 g/mol. The van der Waals surface area contributed by atoms with Crippen LogP contribution in [0.4, 0.5) is 0 Å². The Morgan fingerprint density at radius 2 is 0.717 bits per heavy atom. The van der Waals surface area contributed by atoms with E-state index in [0.717, 1.165) is 25.9 Å². The van der Waals surface area contributed by atoms with Crippen LogP contribution in [0, 0.1) is 0 Å². The van der Waals surface area contributed by atoms with Crippen molar-refractivity contribution in [2.24, 2.45) is 0 Å². The van der Waals surface area contributed by atoms with E-state index < -0.39 is 5.97 Å². The molecule has 0 unspecified atom stereocenters. The molecule has 4 nitrogen and oxygen atoms in total. The first-order chi connectivity index (χ1) is 22.6. The van der Waals surface area contributed by atoms with Crippen molar-refractivity contribution in [3.63, 3.8) is 0 Å². The molecule has 1 amide bonds. The molecule has 0 fully saturated rings. The minimum absolute atomic E-state index is 0.164. The highest BCUT2D eigenvalue weighted by atomic mass is 16.4. The van der Waals surface area contributed by atoms with Crippen LogP contribution >= 0.6 is 0 Å². The molecule has 0 radical (unpaired) electrons. The molecule has 0 saturated carbocycles. The maximum Gasteiger partial charge on any atom is 0.303 e. The second kappa shape index (κ2) is 37.9. The van der Waals surface area contributed by atoms with Gasteiger partial charge in [0, 0.05) is 25.9 Å². The Bertz CT molecular complexity index is 659. The average Bonchev–Trinajstić information content (AvgIpc) is 3.05. The Labute approximate surface area is 287 Å². The van der Waals surface area contributed by atoms with E-state index in [0.29, 0.717) is 19.3 Å². The third-order valence-electron chi connectivity index (χ3n) is 9.26. The van der Waals surface area contributed by atoms with E-state index >= 15 is 0 Å². The minimum Gasteiger partial charge on any atom is -0.481 e. The van der Waals surface area contributed by atoms with E-state index in [9.17, 15) is 9.59 Å². The summed E-state index contributed by atoms with van der Waals surface area (Å²) in [6, 6.07) is 0. The molecule has 0 atom stereocenters. The van der Waals surface area contributed by atoms with Gasteiger partial charge in [-0.3, -0.25) is 9.59 Å². The number of rotatable bonds is 37. The molecule has 0 aliphatic heterocycles. The molecule has 46 heavy (non-hydrogen) atoms. The van der Waals surface area contributed by atoms with Crippen LogP contribution in [-0.2, 0) is 9.59 Å². The Morgan fingerprint density at radius 1 is 0.413 bits per heavy atom. The Hall–Kier alpha value is -1.58. The first-order valence-corrected chi connectivity index (χ1v) is 20.4. The van der Waals surface area contributed by atoms with Gasteiger partial charge in [0.2, 0.25) is 5.91 Å². The molecule has 4 heteroatoms. The molecule has 270 valence electrons. The molecular formula is C42H79NO3. The van der Waals surface area contributed by atoms with Gasteiger partial charge < -0.3 is 10.0 Å². The van der Waals surface area contributed by atoms with Gasteiger partial charge in [-0.15, -0.1) is 0 Å². The zero-order valence-corrected chi connectivity index (χ0v) is 31.1. The molecule has 0 aliphatic rings. The minimum atomic E-state index is -0.766. The van der Waals surface area contributed by atoms with Crippen LogP contribution in [0.25, 0.3) is 0 Å². The molecule has 0 saturated heterocycles. The highest BCUT2D eigenvalue weighted by Gasteiger charge is 2.13. The number of allylic oxidation sites excluding steroid dienone is 4. The monoisotopic (exact) mass is 646 g/mol. The SMILES string of the molecule is CCCCCCCCC=CCCCCCCCCN(CCCCCCCCC=CCCCCCCCC)C(=O)CCCCC(=O)O. The van der Waals surface area contributed by atoms with Crippen LogP contribution in [0.15, 0.2) is 24.3 Å². The van der Waals surface area contributed by atoms with Gasteiger partial charge in [0.05, 0.1) is 0 Å². The number of carboxylic acid groups (broad SMARTS) is 1. The Morgan fingerprint density at radius 3 is 1.07 bits per heavy atom. The smallest absolute Gasteiger partial charge is 0.303 e. The van der Waals surface area contributed by atoms with E-state index in [1.807, 2.05) is 0 Å². The lowest BCUT2D eigenvalue weighted by Gasteiger charge is -2.23. The molecule has 1 N–H and O–H groups in total. The maximum atomic E-state index is 12.9. The van der Waals surface area contributed by atoms with Gasteiger partial charge in [-0.2, -0.15) is 0 Å². The van der Waals surface area contributed by atoms with Crippen molar-refractivity contribution in [2.75, 3.05) is 13.1 Å². The van der Waals surface area contributed by atoms with Gasteiger partial charge in [-0.1, -0.05) is 154 Å². The number of unbranched alkanes of at least 4 members (excludes halogenated alkanes) is 25. The summed E-state index contributed by atoms with van der Waals surface area (Å²) in [5, 5.41) is 8.90. The van der Waals surface area contributed by atoms with Crippen molar-refractivity contribution < 1.29 is 14.7 Å². The number of carbonyl (C=O) groups excluding carboxylic acids is 1. The molecule has 0 bridgehead atoms. The largest absolute Gasteiger partial charge is 0.481 e. The first kappa shape index (κ1) is 44.4. The van der Waals surface area contributed by atoms with E-state index in [2.05, 4.69) is 43.1 Å².